The Morgan fingerprint density at radius 1 is 1.27 bits per heavy atom. The van der Waals surface area contributed by atoms with Gasteiger partial charge in [-0.05, 0) is 55.9 Å². The van der Waals surface area contributed by atoms with Crippen molar-refractivity contribution in [2.24, 2.45) is 0 Å². The number of amides is 4. The molecule has 33 heavy (non-hydrogen) atoms. The van der Waals surface area contributed by atoms with Crippen LogP contribution in [0.3, 0.4) is 0 Å². The van der Waals surface area contributed by atoms with Gasteiger partial charge in [0.05, 0.1) is 10.5 Å². The molecule has 1 aliphatic heterocycles. The van der Waals surface area contributed by atoms with Gasteiger partial charge in [0.2, 0.25) is 5.91 Å². The second-order valence-corrected chi connectivity index (χ2v) is 9.28. The van der Waals surface area contributed by atoms with Crippen LogP contribution in [0.25, 0.3) is 0 Å². The molecule has 1 aliphatic carbocycles. The number of nitro benzene ring substituents is 1. The van der Waals surface area contributed by atoms with Crippen LogP contribution in [-0.2, 0) is 28.0 Å². The topological polar surface area (TPSA) is 145 Å². The number of urea groups is 1. The Balaban J connectivity index is 1.50. The average Bonchev–Trinajstić information content (AvgIpc) is 3.09. The number of benzene rings is 1. The molecule has 0 saturated carbocycles. The molecule has 2 heterocycles. The highest BCUT2D eigenvalue weighted by atomic mass is 32.1. The van der Waals surface area contributed by atoms with Crippen molar-refractivity contribution in [3.63, 3.8) is 0 Å². The molecule has 0 spiro atoms. The Labute approximate surface area is 193 Å². The molecule has 1 atom stereocenters. The summed E-state index contributed by atoms with van der Waals surface area (Å²) in [6.07, 6.45) is 4.80. The molecule has 0 radical (unpaired) electrons. The number of fused-ring (bicyclic) bond motifs is 1. The molecule has 2 aromatic rings. The summed E-state index contributed by atoms with van der Waals surface area (Å²) in [5, 5.41) is 26.2. The summed E-state index contributed by atoms with van der Waals surface area (Å²) in [5.74, 6) is -1.22. The monoisotopic (exact) mass is 467 g/mol. The lowest BCUT2D eigenvalue weighted by atomic mass is 9.92. The van der Waals surface area contributed by atoms with Gasteiger partial charge in [-0.1, -0.05) is 6.42 Å². The number of nitriles is 1. The fourth-order valence-electron chi connectivity index (χ4n) is 4.21. The first-order valence-electron chi connectivity index (χ1n) is 10.5. The minimum absolute atomic E-state index is 0.141. The quantitative estimate of drug-likeness (QED) is 0.299. The Morgan fingerprint density at radius 3 is 2.64 bits per heavy atom. The molecule has 1 aromatic carbocycles. The number of hydrogen-bond donors (Lipinski definition) is 2. The summed E-state index contributed by atoms with van der Waals surface area (Å²) in [5.41, 5.74) is 0.209. The van der Waals surface area contributed by atoms with Crippen LogP contribution in [0, 0.1) is 21.4 Å². The number of non-ortho nitro benzene ring substituents is 1. The summed E-state index contributed by atoms with van der Waals surface area (Å²) in [6, 6.07) is 6.75. The molecular weight excluding hydrogens is 446 g/mol. The molecule has 170 valence electrons. The van der Waals surface area contributed by atoms with Gasteiger partial charge in [0.1, 0.15) is 23.2 Å². The maximum Gasteiger partial charge on any atom is 0.325 e. The molecule has 0 bridgehead atoms. The lowest BCUT2D eigenvalue weighted by molar-refractivity contribution is -0.384. The van der Waals surface area contributed by atoms with E-state index in [-0.39, 0.29) is 5.69 Å². The number of anilines is 1. The number of hydrogen-bond acceptors (Lipinski definition) is 7. The predicted molar refractivity (Wildman–Crippen MR) is 120 cm³/mol. The predicted octanol–water partition coefficient (Wildman–Crippen LogP) is 3.20. The number of carbonyl (C=O) groups excluding carboxylic acids is 3. The summed E-state index contributed by atoms with van der Waals surface area (Å²) in [6.45, 7) is 0.969. The average molecular weight is 468 g/mol. The molecule has 1 fully saturated rings. The molecule has 2 aliphatic rings. The standard InChI is InChI=1S/C22H21N5O5S/c1-22(13-7-9-14(10-8-13)27(31)32)20(29)26(21(30)25-22)12-18(28)24-19-16(11-23)15-5-3-2-4-6-17(15)33-19/h7-10H,2-6,12H2,1H3,(H,24,28)(H,25,30). The zero-order valence-corrected chi connectivity index (χ0v) is 18.7. The Kier molecular flexibility index (Phi) is 5.86. The summed E-state index contributed by atoms with van der Waals surface area (Å²) in [7, 11) is 0. The van der Waals surface area contributed by atoms with Gasteiger partial charge in [-0.3, -0.25) is 24.6 Å². The number of imide groups is 1. The van der Waals surface area contributed by atoms with E-state index in [1.54, 1.807) is 0 Å². The minimum atomic E-state index is -1.45. The third-order valence-corrected chi connectivity index (χ3v) is 7.23. The highest BCUT2D eigenvalue weighted by Crippen LogP contribution is 2.37. The van der Waals surface area contributed by atoms with E-state index in [1.807, 2.05) is 0 Å². The van der Waals surface area contributed by atoms with E-state index in [0.717, 1.165) is 47.4 Å². The first-order valence-corrected chi connectivity index (χ1v) is 11.3. The number of carbonyl (C=O) groups is 3. The van der Waals surface area contributed by atoms with E-state index in [4.69, 9.17) is 0 Å². The van der Waals surface area contributed by atoms with Crippen molar-refractivity contribution in [3.8, 4) is 6.07 Å². The molecule has 4 rings (SSSR count). The largest absolute Gasteiger partial charge is 0.325 e. The molecule has 1 aromatic heterocycles. The maximum atomic E-state index is 13.0. The lowest BCUT2D eigenvalue weighted by Gasteiger charge is -2.22. The van der Waals surface area contributed by atoms with Crippen molar-refractivity contribution in [1.82, 2.24) is 10.2 Å². The first-order chi connectivity index (χ1) is 15.7. The van der Waals surface area contributed by atoms with Crippen molar-refractivity contribution in [3.05, 3.63) is 55.9 Å². The molecule has 1 unspecified atom stereocenters. The Morgan fingerprint density at radius 2 is 1.97 bits per heavy atom. The van der Waals surface area contributed by atoms with Gasteiger partial charge in [-0.15, -0.1) is 11.3 Å². The van der Waals surface area contributed by atoms with Gasteiger partial charge in [-0.2, -0.15) is 5.26 Å². The van der Waals surface area contributed by atoms with Crippen LogP contribution in [-0.4, -0.2) is 34.2 Å². The second-order valence-electron chi connectivity index (χ2n) is 8.18. The number of thiophene rings is 1. The fraction of sp³-hybridized carbons (Fsp3) is 0.364. The van der Waals surface area contributed by atoms with Crippen LogP contribution in [0.4, 0.5) is 15.5 Å². The van der Waals surface area contributed by atoms with Crippen molar-refractivity contribution < 1.29 is 19.3 Å². The Hall–Kier alpha value is -3.78. The second kappa shape index (κ2) is 8.63. The van der Waals surface area contributed by atoms with Crippen molar-refractivity contribution in [2.45, 2.75) is 44.6 Å². The number of aryl methyl sites for hydroxylation is 1. The first kappa shape index (κ1) is 22.4. The maximum absolute atomic E-state index is 13.0. The van der Waals surface area contributed by atoms with Crippen molar-refractivity contribution >= 4 is 39.9 Å². The summed E-state index contributed by atoms with van der Waals surface area (Å²) in [4.78, 5) is 50.5. The highest BCUT2D eigenvalue weighted by Gasteiger charge is 2.49. The van der Waals surface area contributed by atoms with Crippen molar-refractivity contribution in [2.75, 3.05) is 11.9 Å². The zero-order valence-electron chi connectivity index (χ0n) is 17.8. The third-order valence-electron chi connectivity index (χ3n) is 6.02. The normalized spacial score (nSPS) is 19.9. The van der Waals surface area contributed by atoms with Crippen LogP contribution in [0.5, 0.6) is 0 Å². The smallest absolute Gasteiger partial charge is 0.319 e. The number of rotatable bonds is 5. The summed E-state index contributed by atoms with van der Waals surface area (Å²) >= 11 is 1.37. The fourth-order valence-corrected chi connectivity index (χ4v) is 5.47. The van der Waals surface area contributed by atoms with Gasteiger partial charge in [0.15, 0.2) is 0 Å². The van der Waals surface area contributed by atoms with Gasteiger partial charge >= 0.3 is 6.03 Å². The molecule has 2 N–H and O–H groups in total. The molecule has 4 amide bonds. The SMILES string of the molecule is CC1(c2ccc([N+](=O)[O-])cc2)NC(=O)N(CC(=O)Nc2sc3c(c2C#N)CCCCC3)C1=O. The number of nitrogens with one attached hydrogen (secondary N) is 2. The van der Waals surface area contributed by atoms with E-state index in [2.05, 4.69) is 16.7 Å². The molecule has 11 heteroatoms. The van der Waals surface area contributed by atoms with Crippen LogP contribution in [0.2, 0.25) is 0 Å². The molecule has 1 saturated heterocycles. The van der Waals surface area contributed by atoms with Crippen LogP contribution >= 0.6 is 11.3 Å². The molecular formula is C22H21N5O5S. The van der Waals surface area contributed by atoms with Crippen LogP contribution in [0.1, 0.15) is 47.8 Å². The minimum Gasteiger partial charge on any atom is -0.319 e. The van der Waals surface area contributed by atoms with Gasteiger partial charge < -0.3 is 10.6 Å². The van der Waals surface area contributed by atoms with E-state index in [1.165, 1.54) is 42.5 Å². The van der Waals surface area contributed by atoms with Gasteiger partial charge in [0, 0.05) is 17.0 Å². The summed E-state index contributed by atoms with van der Waals surface area (Å²) < 4.78 is 0. The van der Waals surface area contributed by atoms with Crippen LogP contribution in [0.15, 0.2) is 24.3 Å². The lowest BCUT2D eigenvalue weighted by Crippen LogP contribution is -2.42. The molecule has 10 nitrogen and oxygen atoms in total. The van der Waals surface area contributed by atoms with E-state index >= 15 is 0 Å². The van der Waals surface area contributed by atoms with E-state index in [9.17, 15) is 29.8 Å². The highest BCUT2D eigenvalue weighted by molar-refractivity contribution is 7.16. The third kappa shape index (κ3) is 4.05. The number of nitrogens with zero attached hydrogens (tertiary/aromatic N) is 3. The Bertz CT molecular complexity index is 1200. The van der Waals surface area contributed by atoms with E-state index < -0.39 is 34.9 Å². The van der Waals surface area contributed by atoms with E-state index in [0.29, 0.717) is 16.1 Å². The van der Waals surface area contributed by atoms with Crippen LogP contribution < -0.4 is 10.6 Å². The van der Waals surface area contributed by atoms with Crippen molar-refractivity contribution in [1.29, 1.82) is 5.26 Å². The number of nitro groups is 1. The van der Waals surface area contributed by atoms with Gasteiger partial charge in [0.25, 0.3) is 11.6 Å². The van der Waals surface area contributed by atoms with Gasteiger partial charge in [-0.25, -0.2) is 4.79 Å². The zero-order chi connectivity index (χ0) is 23.8.